The van der Waals surface area contributed by atoms with Crippen LogP contribution in [-0.2, 0) is 0 Å². The molecule has 0 heterocycles. The maximum absolute atomic E-state index is 13.4. The third-order valence-electron chi connectivity index (χ3n) is 3.33. The molecule has 0 radical (unpaired) electrons. The molecule has 0 saturated carbocycles. The maximum atomic E-state index is 13.4. The predicted octanol–water partition coefficient (Wildman–Crippen LogP) is 3.08. The summed E-state index contributed by atoms with van der Waals surface area (Å²) in [4.78, 5) is 22.8. The van der Waals surface area contributed by atoms with Gasteiger partial charge in [0.1, 0.15) is 11.4 Å². The number of carbonyl (C=O) groups excluding carboxylic acids is 1. The average Bonchev–Trinajstić information content (AvgIpc) is 2.36. The first-order valence-corrected chi connectivity index (χ1v) is 6.46. The third-order valence-corrected chi connectivity index (χ3v) is 3.33. The van der Waals surface area contributed by atoms with Gasteiger partial charge in [-0.1, -0.05) is 26.3 Å². The van der Waals surface area contributed by atoms with Crippen molar-refractivity contribution in [2.75, 3.05) is 5.32 Å². The van der Waals surface area contributed by atoms with Gasteiger partial charge >= 0.3 is 12.0 Å². The molecule has 1 rings (SSSR count). The fourth-order valence-corrected chi connectivity index (χ4v) is 1.71. The molecule has 1 aromatic rings. The minimum Gasteiger partial charge on any atom is -0.478 e. The summed E-state index contributed by atoms with van der Waals surface area (Å²) in [6, 6.07) is 3.11. The number of carboxylic acid groups (broad SMARTS) is 1. The summed E-state index contributed by atoms with van der Waals surface area (Å²) in [5.41, 5.74) is -0.606. The Morgan fingerprint density at radius 2 is 2.00 bits per heavy atom. The Morgan fingerprint density at radius 3 is 2.55 bits per heavy atom. The number of rotatable bonds is 5. The van der Waals surface area contributed by atoms with Crippen molar-refractivity contribution in [2.45, 2.75) is 33.2 Å². The summed E-state index contributed by atoms with van der Waals surface area (Å²) < 4.78 is 13.4. The van der Waals surface area contributed by atoms with Crippen LogP contribution in [0.5, 0.6) is 0 Å². The number of aromatic carboxylic acids is 1. The first-order valence-electron chi connectivity index (χ1n) is 6.46. The van der Waals surface area contributed by atoms with Gasteiger partial charge in [0.15, 0.2) is 0 Å². The minimum absolute atomic E-state index is 0.0636. The summed E-state index contributed by atoms with van der Waals surface area (Å²) in [5, 5.41) is 14.0. The quantitative estimate of drug-likeness (QED) is 0.776. The van der Waals surface area contributed by atoms with E-state index in [-0.39, 0.29) is 17.6 Å². The third kappa shape index (κ3) is 3.94. The first-order chi connectivity index (χ1) is 9.36. The standard InChI is InChI=1S/C14H19FN2O3/c1-4-8(2)9(3)16-14(20)17-11-7-5-6-10(15)12(11)13(18)19/h5-9H,4H2,1-3H3,(H,18,19)(H2,16,17,20). The van der Waals surface area contributed by atoms with Crippen LogP contribution in [0.1, 0.15) is 37.6 Å². The number of carbonyl (C=O) groups is 2. The van der Waals surface area contributed by atoms with Gasteiger partial charge in [-0.05, 0) is 25.0 Å². The van der Waals surface area contributed by atoms with Crippen LogP contribution >= 0.6 is 0 Å². The van der Waals surface area contributed by atoms with Crippen LogP contribution < -0.4 is 10.6 Å². The SMILES string of the molecule is CCC(C)C(C)NC(=O)Nc1cccc(F)c1C(=O)O. The summed E-state index contributed by atoms with van der Waals surface area (Å²) in [6.07, 6.45) is 0.905. The van der Waals surface area contributed by atoms with Gasteiger partial charge in [0.25, 0.3) is 0 Å². The van der Waals surface area contributed by atoms with Crippen molar-refractivity contribution in [3.8, 4) is 0 Å². The van der Waals surface area contributed by atoms with Crippen molar-refractivity contribution < 1.29 is 19.1 Å². The highest BCUT2D eigenvalue weighted by Crippen LogP contribution is 2.19. The predicted molar refractivity (Wildman–Crippen MR) is 74.4 cm³/mol. The Bertz CT molecular complexity index is 505. The second-order valence-electron chi connectivity index (χ2n) is 4.74. The fourth-order valence-electron chi connectivity index (χ4n) is 1.71. The van der Waals surface area contributed by atoms with Crippen molar-refractivity contribution in [3.63, 3.8) is 0 Å². The van der Waals surface area contributed by atoms with E-state index in [0.717, 1.165) is 12.5 Å². The molecule has 110 valence electrons. The maximum Gasteiger partial charge on any atom is 0.340 e. The van der Waals surface area contributed by atoms with E-state index in [9.17, 15) is 14.0 Å². The molecule has 0 aliphatic heterocycles. The lowest BCUT2D eigenvalue weighted by atomic mass is 10.0. The van der Waals surface area contributed by atoms with E-state index in [0.29, 0.717) is 0 Å². The van der Waals surface area contributed by atoms with E-state index < -0.39 is 23.4 Å². The highest BCUT2D eigenvalue weighted by molar-refractivity contribution is 6.00. The largest absolute Gasteiger partial charge is 0.478 e. The Balaban J connectivity index is 2.81. The van der Waals surface area contributed by atoms with Crippen molar-refractivity contribution in [1.82, 2.24) is 5.32 Å². The molecular weight excluding hydrogens is 263 g/mol. The van der Waals surface area contributed by atoms with E-state index in [1.54, 1.807) is 0 Å². The number of hydrogen-bond acceptors (Lipinski definition) is 2. The van der Waals surface area contributed by atoms with E-state index in [4.69, 9.17) is 5.11 Å². The molecule has 20 heavy (non-hydrogen) atoms. The number of benzene rings is 1. The lowest BCUT2D eigenvalue weighted by molar-refractivity contribution is 0.0693. The highest BCUT2D eigenvalue weighted by Gasteiger charge is 2.18. The van der Waals surface area contributed by atoms with Gasteiger partial charge in [0.2, 0.25) is 0 Å². The number of anilines is 1. The highest BCUT2D eigenvalue weighted by atomic mass is 19.1. The number of carboxylic acids is 1. The number of amides is 2. The van der Waals surface area contributed by atoms with E-state index in [1.165, 1.54) is 12.1 Å². The molecule has 2 atom stereocenters. The van der Waals surface area contributed by atoms with E-state index in [2.05, 4.69) is 10.6 Å². The van der Waals surface area contributed by atoms with Gasteiger partial charge < -0.3 is 15.7 Å². The van der Waals surface area contributed by atoms with Crippen LogP contribution in [0.15, 0.2) is 18.2 Å². The normalized spacial score (nSPS) is 13.4. The molecule has 0 aliphatic rings. The van der Waals surface area contributed by atoms with Crippen molar-refractivity contribution in [1.29, 1.82) is 0 Å². The minimum atomic E-state index is -1.42. The van der Waals surface area contributed by atoms with Gasteiger partial charge in [-0.15, -0.1) is 0 Å². The molecule has 0 aromatic heterocycles. The molecule has 2 unspecified atom stereocenters. The van der Waals surface area contributed by atoms with Crippen molar-refractivity contribution >= 4 is 17.7 Å². The number of halogens is 1. The molecule has 6 heteroatoms. The molecule has 0 aliphatic carbocycles. The van der Waals surface area contributed by atoms with Gasteiger partial charge in [0, 0.05) is 6.04 Å². The molecule has 5 nitrogen and oxygen atoms in total. The first kappa shape index (κ1) is 15.9. The number of hydrogen-bond donors (Lipinski definition) is 3. The smallest absolute Gasteiger partial charge is 0.340 e. The fraction of sp³-hybridized carbons (Fsp3) is 0.429. The van der Waals surface area contributed by atoms with Crippen LogP contribution in [0.4, 0.5) is 14.9 Å². The van der Waals surface area contributed by atoms with Gasteiger partial charge in [0.05, 0.1) is 5.69 Å². The van der Waals surface area contributed by atoms with Gasteiger partial charge in [-0.25, -0.2) is 14.0 Å². The Kier molecular flexibility index (Phi) is 5.49. The van der Waals surface area contributed by atoms with E-state index >= 15 is 0 Å². The summed E-state index contributed by atoms with van der Waals surface area (Å²) >= 11 is 0. The lowest BCUT2D eigenvalue weighted by Crippen LogP contribution is -2.39. The zero-order chi connectivity index (χ0) is 15.3. The molecule has 0 bridgehead atoms. The molecule has 2 amide bonds. The lowest BCUT2D eigenvalue weighted by Gasteiger charge is -2.20. The number of urea groups is 1. The summed E-state index contributed by atoms with van der Waals surface area (Å²) in [6.45, 7) is 5.86. The number of nitrogens with one attached hydrogen (secondary N) is 2. The zero-order valence-corrected chi connectivity index (χ0v) is 11.7. The van der Waals surface area contributed by atoms with Gasteiger partial charge in [-0.3, -0.25) is 0 Å². The molecule has 3 N–H and O–H groups in total. The van der Waals surface area contributed by atoms with Crippen molar-refractivity contribution in [3.05, 3.63) is 29.6 Å². The summed E-state index contributed by atoms with van der Waals surface area (Å²) in [5.74, 6) is -2.02. The Morgan fingerprint density at radius 1 is 1.35 bits per heavy atom. The second kappa shape index (κ2) is 6.88. The monoisotopic (exact) mass is 282 g/mol. The molecule has 0 saturated heterocycles. The van der Waals surface area contributed by atoms with E-state index in [1.807, 2.05) is 20.8 Å². The Labute approximate surface area is 117 Å². The summed E-state index contributed by atoms with van der Waals surface area (Å²) in [7, 11) is 0. The van der Waals surface area contributed by atoms with Crippen LogP contribution in [-0.4, -0.2) is 23.1 Å². The van der Waals surface area contributed by atoms with Crippen LogP contribution in [0.2, 0.25) is 0 Å². The molecule has 0 spiro atoms. The average molecular weight is 282 g/mol. The molecule has 0 fully saturated rings. The topological polar surface area (TPSA) is 78.4 Å². The van der Waals surface area contributed by atoms with Crippen LogP contribution in [0, 0.1) is 11.7 Å². The van der Waals surface area contributed by atoms with Crippen molar-refractivity contribution in [2.24, 2.45) is 5.92 Å². The molecule has 1 aromatic carbocycles. The second-order valence-corrected chi connectivity index (χ2v) is 4.74. The van der Waals surface area contributed by atoms with Crippen LogP contribution in [0.3, 0.4) is 0 Å². The Hall–Kier alpha value is -2.11. The van der Waals surface area contributed by atoms with Gasteiger partial charge in [-0.2, -0.15) is 0 Å². The zero-order valence-electron chi connectivity index (χ0n) is 11.7. The van der Waals surface area contributed by atoms with Crippen LogP contribution in [0.25, 0.3) is 0 Å². The molecular formula is C14H19FN2O3.